The van der Waals surface area contributed by atoms with Crippen molar-refractivity contribution in [1.82, 2.24) is 19.9 Å². The van der Waals surface area contributed by atoms with Gasteiger partial charge in [0.2, 0.25) is 5.82 Å². The molecule has 1 atom stereocenters. The predicted molar refractivity (Wildman–Crippen MR) is 106 cm³/mol. The lowest BCUT2D eigenvalue weighted by Gasteiger charge is -2.24. The molecule has 1 aliphatic rings. The van der Waals surface area contributed by atoms with E-state index in [1.54, 1.807) is 13.2 Å². The normalized spacial score (nSPS) is 16.1. The number of hydrogen-bond acceptors (Lipinski definition) is 6. The molecule has 5 rings (SSSR count). The van der Waals surface area contributed by atoms with Gasteiger partial charge in [0.1, 0.15) is 11.9 Å². The summed E-state index contributed by atoms with van der Waals surface area (Å²) in [5, 5.41) is 8.36. The minimum atomic E-state index is -4.45. The molecule has 0 bridgehead atoms. The Morgan fingerprint density at radius 3 is 2.66 bits per heavy atom. The molecule has 0 radical (unpaired) electrons. The summed E-state index contributed by atoms with van der Waals surface area (Å²) in [4.78, 5) is 4.24. The van der Waals surface area contributed by atoms with E-state index in [9.17, 15) is 13.2 Å². The van der Waals surface area contributed by atoms with Gasteiger partial charge in [-0.25, -0.2) is 0 Å². The third kappa shape index (κ3) is 3.84. The van der Waals surface area contributed by atoms with Gasteiger partial charge in [-0.3, -0.25) is 4.68 Å². The number of rotatable bonds is 4. The Bertz CT molecular complexity index is 1250. The fraction of sp³-hybridized carbons (Fsp3) is 0.227. The number of aromatic nitrogens is 4. The van der Waals surface area contributed by atoms with Crippen molar-refractivity contribution in [3.63, 3.8) is 0 Å². The first-order chi connectivity index (χ1) is 15.4. The molecule has 0 spiro atoms. The summed E-state index contributed by atoms with van der Waals surface area (Å²) in [6.07, 6.45) is -4.63. The molecule has 1 aliphatic heterocycles. The highest BCUT2D eigenvalue weighted by Crippen LogP contribution is 2.33. The lowest BCUT2D eigenvalue weighted by atomic mass is 10.1. The summed E-state index contributed by atoms with van der Waals surface area (Å²) >= 11 is 0. The van der Waals surface area contributed by atoms with Crippen molar-refractivity contribution in [2.45, 2.75) is 25.4 Å². The molecule has 0 amide bonds. The van der Waals surface area contributed by atoms with E-state index >= 15 is 0 Å². The van der Waals surface area contributed by atoms with E-state index in [2.05, 4.69) is 15.2 Å². The summed E-state index contributed by atoms with van der Waals surface area (Å²) in [6.45, 7) is 0.842. The molecule has 0 saturated carbocycles. The van der Waals surface area contributed by atoms with E-state index in [0.29, 0.717) is 18.8 Å². The van der Waals surface area contributed by atoms with Crippen molar-refractivity contribution in [1.29, 1.82) is 0 Å². The van der Waals surface area contributed by atoms with Gasteiger partial charge in [0.15, 0.2) is 5.69 Å². The van der Waals surface area contributed by atoms with E-state index in [4.69, 9.17) is 14.0 Å². The maximum Gasteiger partial charge on any atom is 0.416 e. The molecule has 32 heavy (non-hydrogen) atoms. The number of halogens is 3. The van der Waals surface area contributed by atoms with Crippen molar-refractivity contribution < 1.29 is 27.2 Å². The quantitative estimate of drug-likeness (QED) is 0.448. The fourth-order valence-electron chi connectivity index (χ4n) is 3.53. The van der Waals surface area contributed by atoms with Crippen LogP contribution in [0.15, 0.2) is 59.1 Å². The summed E-state index contributed by atoms with van der Waals surface area (Å²) in [5.74, 6) is 0.948. The second kappa shape index (κ2) is 7.79. The van der Waals surface area contributed by atoms with Gasteiger partial charge in [0.25, 0.3) is 5.89 Å². The summed E-state index contributed by atoms with van der Waals surface area (Å²) < 4.78 is 57.2. The van der Waals surface area contributed by atoms with Crippen LogP contribution in [0.3, 0.4) is 0 Å². The summed E-state index contributed by atoms with van der Waals surface area (Å²) in [5.41, 5.74) is 1.70. The highest BCUT2D eigenvalue weighted by molar-refractivity contribution is 5.59. The minimum Gasteiger partial charge on any atom is -0.497 e. The van der Waals surface area contributed by atoms with Gasteiger partial charge in [-0.15, -0.1) is 0 Å². The maximum absolute atomic E-state index is 13.0. The van der Waals surface area contributed by atoms with Crippen molar-refractivity contribution in [2.24, 2.45) is 0 Å². The minimum absolute atomic E-state index is 0.0597. The lowest BCUT2D eigenvalue weighted by Crippen LogP contribution is -2.21. The van der Waals surface area contributed by atoms with Crippen molar-refractivity contribution in [2.75, 3.05) is 7.11 Å². The SMILES string of the molecule is COc1ccc(C2Cn3nc(-c4nc(-c5cccc(C(F)(F)F)c5)no4)cc3CO2)cc1. The van der Waals surface area contributed by atoms with Crippen LogP contribution in [0, 0.1) is 0 Å². The van der Waals surface area contributed by atoms with Crippen LogP contribution in [0.25, 0.3) is 23.0 Å². The molecular weight excluding hydrogens is 425 g/mol. The monoisotopic (exact) mass is 442 g/mol. The first-order valence-corrected chi connectivity index (χ1v) is 9.75. The van der Waals surface area contributed by atoms with Gasteiger partial charge in [-0.2, -0.15) is 23.3 Å². The number of nitrogens with zero attached hydrogens (tertiary/aromatic N) is 4. The van der Waals surface area contributed by atoms with Crippen LogP contribution < -0.4 is 4.74 Å². The lowest BCUT2D eigenvalue weighted by molar-refractivity contribution is -0.137. The van der Waals surface area contributed by atoms with Crippen LogP contribution >= 0.6 is 0 Å². The van der Waals surface area contributed by atoms with Crippen LogP contribution in [-0.4, -0.2) is 27.0 Å². The number of methoxy groups -OCH3 is 1. The number of fused-ring (bicyclic) bond motifs is 1. The van der Waals surface area contributed by atoms with E-state index < -0.39 is 11.7 Å². The van der Waals surface area contributed by atoms with Gasteiger partial charge in [-0.1, -0.05) is 29.4 Å². The molecule has 3 heterocycles. The second-order valence-electron chi connectivity index (χ2n) is 7.28. The highest BCUT2D eigenvalue weighted by Gasteiger charge is 2.31. The second-order valence-corrected chi connectivity index (χ2v) is 7.28. The zero-order valence-corrected chi connectivity index (χ0v) is 16.8. The standard InChI is InChI=1S/C22H17F3N4O3/c1-30-17-7-5-13(6-8-17)19-11-29-16(12-31-19)10-18(27-29)21-26-20(28-32-21)14-3-2-4-15(9-14)22(23,24)25/h2-10,19H,11-12H2,1H3. The molecule has 10 heteroatoms. The molecule has 4 aromatic rings. The van der Waals surface area contributed by atoms with Crippen LogP contribution in [-0.2, 0) is 24.1 Å². The van der Waals surface area contributed by atoms with E-state index in [-0.39, 0.29) is 23.4 Å². The molecule has 1 unspecified atom stereocenters. The van der Waals surface area contributed by atoms with Gasteiger partial charge in [-0.05, 0) is 35.9 Å². The Kier molecular flexibility index (Phi) is 4.93. The maximum atomic E-state index is 13.0. The zero-order valence-electron chi connectivity index (χ0n) is 16.8. The molecule has 0 fully saturated rings. The van der Waals surface area contributed by atoms with Gasteiger partial charge in [0, 0.05) is 5.56 Å². The first-order valence-electron chi connectivity index (χ1n) is 9.75. The fourth-order valence-corrected chi connectivity index (χ4v) is 3.53. The number of ether oxygens (including phenoxy) is 2. The largest absolute Gasteiger partial charge is 0.497 e. The van der Waals surface area contributed by atoms with Gasteiger partial charge >= 0.3 is 6.18 Å². The third-order valence-corrected chi connectivity index (χ3v) is 5.22. The zero-order chi connectivity index (χ0) is 22.3. The topological polar surface area (TPSA) is 75.2 Å². The number of alkyl halides is 3. The Labute approximate surface area is 180 Å². The first kappa shape index (κ1) is 20.3. The summed E-state index contributed by atoms with van der Waals surface area (Å²) in [7, 11) is 1.61. The molecule has 164 valence electrons. The van der Waals surface area contributed by atoms with Crippen LogP contribution in [0.4, 0.5) is 13.2 Å². The average molecular weight is 442 g/mol. The van der Waals surface area contributed by atoms with Gasteiger partial charge < -0.3 is 14.0 Å². The number of benzene rings is 2. The molecule has 0 aliphatic carbocycles. The smallest absolute Gasteiger partial charge is 0.416 e. The third-order valence-electron chi connectivity index (χ3n) is 5.22. The van der Waals surface area contributed by atoms with Crippen molar-refractivity contribution >= 4 is 0 Å². The Morgan fingerprint density at radius 1 is 1.09 bits per heavy atom. The van der Waals surface area contributed by atoms with Crippen LogP contribution in [0.2, 0.25) is 0 Å². The molecule has 7 nitrogen and oxygen atoms in total. The van der Waals surface area contributed by atoms with Gasteiger partial charge in [0.05, 0.1) is 31.5 Å². The summed E-state index contributed by atoms with van der Waals surface area (Å²) in [6, 6.07) is 14.2. The van der Waals surface area contributed by atoms with E-state index in [1.807, 2.05) is 28.9 Å². The molecule has 2 aromatic heterocycles. The molecular formula is C22H17F3N4O3. The number of hydrogen-bond donors (Lipinski definition) is 0. The molecule has 0 saturated heterocycles. The van der Waals surface area contributed by atoms with Crippen molar-refractivity contribution in [3.05, 3.63) is 71.4 Å². The highest BCUT2D eigenvalue weighted by atomic mass is 19.4. The van der Waals surface area contributed by atoms with Crippen LogP contribution in [0.5, 0.6) is 5.75 Å². The molecule has 2 aromatic carbocycles. The Hall–Kier alpha value is -3.66. The van der Waals surface area contributed by atoms with Crippen molar-refractivity contribution in [3.8, 4) is 28.7 Å². The van der Waals surface area contributed by atoms with E-state index in [1.165, 1.54) is 12.1 Å². The Morgan fingerprint density at radius 2 is 1.91 bits per heavy atom. The Balaban J connectivity index is 1.37. The van der Waals surface area contributed by atoms with E-state index in [0.717, 1.165) is 29.1 Å². The van der Waals surface area contributed by atoms with Crippen LogP contribution in [0.1, 0.15) is 22.9 Å². The predicted octanol–water partition coefficient (Wildman–Crippen LogP) is 4.90. The molecule has 0 N–H and O–H groups in total. The average Bonchev–Trinajstić information content (AvgIpc) is 3.45.